The molecule has 4 rings (SSSR count). The molecule has 4 atom stereocenters. The van der Waals surface area contributed by atoms with Gasteiger partial charge in [0.15, 0.2) is 0 Å². The maximum absolute atomic E-state index is 14.1. The van der Waals surface area contributed by atoms with Crippen molar-refractivity contribution in [3.63, 3.8) is 0 Å². The Labute approximate surface area is 376 Å². The monoisotopic (exact) mass is 933 g/mol. The first-order valence-electron chi connectivity index (χ1n) is 21.5. The second-order valence-electron chi connectivity index (χ2n) is 16.3. The molecule has 0 unspecified atom stereocenters. The summed E-state index contributed by atoms with van der Waals surface area (Å²) in [6, 6.07) is -3.31. The molecule has 10 N–H and O–H groups in total. The number of aliphatic hydroxyl groups is 1. The zero-order chi connectivity index (χ0) is 48.5. The molecule has 0 radical (unpaired) electrons. The van der Waals surface area contributed by atoms with E-state index >= 15 is 0 Å². The lowest BCUT2D eigenvalue weighted by Gasteiger charge is -2.34. The number of carbonyl (C=O) groups excluding carboxylic acids is 4. The van der Waals surface area contributed by atoms with Crippen LogP contribution in [0.25, 0.3) is 5.69 Å². The Morgan fingerprint density at radius 1 is 0.636 bits per heavy atom. The van der Waals surface area contributed by atoms with Crippen molar-refractivity contribution in [1.82, 2.24) is 46.1 Å². The second kappa shape index (κ2) is 25.0. The first kappa shape index (κ1) is 51.7. The van der Waals surface area contributed by atoms with Crippen LogP contribution in [0.2, 0.25) is 0 Å². The number of halogens is 1. The van der Waals surface area contributed by atoms with Crippen LogP contribution in [0.3, 0.4) is 0 Å². The van der Waals surface area contributed by atoms with Gasteiger partial charge in [0, 0.05) is 50.3 Å². The molecule has 3 heterocycles. The lowest BCUT2D eigenvalue weighted by Crippen LogP contribution is -2.52. The Kier molecular flexibility index (Phi) is 19.6. The molecule has 0 saturated carbocycles. The van der Waals surface area contributed by atoms with Crippen molar-refractivity contribution in [3.05, 3.63) is 41.2 Å². The third kappa shape index (κ3) is 15.7. The smallest absolute Gasteiger partial charge is 0.326 e. The molecule has 1 aromatic heterocycles. The third-order valence-electron chi connectivity index (χ3n) is 11.4. The van der Waals surface area contributed by atoms with E-state index in [-0.39, 0.29) is 87.9 Å². The number of rotatable bonds is 24. The number of carboxylic acid groups (broad SMARTS) is 5. The summed E-state index contributed by atoms with van der Waals surface area (Å²) in [5.74, 6) is -8.26. The summed E-state index contributed by atoms with van der Waals surface area (Å²) in [4.78, 5) is 114. The molecule has 66 heavy (non-hydrogen) atoms. The van der Waals surface area contributed by atoms with Gasteiger partial charge in [-0.3, -0.25) is 18.8 Å². The van der Waals surface area contributed by atoms with Crippen molar-refractivity contribution in [2.45, 2.75) is 101 Å². The summed E-state index contributed by atoms with van der Waals surface area (Å²) >= 11 is 0. The number of nitrogens with zero attached hydrogens (tertiary/aromatic N) is 5. The van der Waals surface area contributed by atoms with Crippen molar-refractivity contribution in [1.29, 1.82) is 0 Å². The number of aromatic nitrogens is 3. The van der Waals surface area contributed by atoms with Gasteiger partial charge in [-0.15, -0.1) is 5.10 Å². The lowest BCUT2D eigenvalue weighted by molar-refractivity contribution is -0.141. The second-order valence-corrected chi connectivity index (χ2v) is 16.3. The zero-order valence-corrected chi connectivity index (χ0v) is 36.0. The van der Waals surface area contributed by atoms with E-state index in [1.165, 1.54) is 27.8 Å². The molecule has 2 aliphatic rings. The summed E-state index contributed by atoms with van der Waals surface area (Å²) in [6.07, 6.45) is 2.42. The number of nitrogens with one attached hydrogen (secondary N) is 4. The van der Waals surface area contributed by atoms with E-state index in [9.17, 15) is 68.0 Å². The van der Waals surface area contributed by atoms with Gasteiger partial charge in [-0.1, -0.05) is 5.21 Å². The highest BCUT2D eigenvalue weighted by atomic mass is 19.1. The van der Waals surface area contributed by atoms with Crippen LogP contribution in [0, 0.1) is 11.8 Å². The average Bonchev–Trinajstić information content (AvgIpc) is 3.76. The minimum Gasteiger partial charge on any atom is -0.481 e. The maximum Gasteiger partial charge on any atom is 0.326 e. The molecule has 2 aliphatic heterocycles. The fraction of sp³-hybridized carbons (Fsp3) is 0.585. The van der Waals surface area contributed by atoms with Gasteiger partial charge in [0.1, 0.15) is 24.2 Å². The van der Waals surface area contributed by atoms with Gasteiger partial charge < -0.3 is 61.7 Å². The van der Waals surface area contributed by atoms with Crippen molar-refractivity contribution in [2.75, 3.05) is 39.5 Å². The number of carboxylic acids is 5. The highest BCUT2D eigenvalue weighted by Gasteiger charge is 2.33. The highest BCUT2D eigenvalue weighted by Crippen LogP contribution is 2.27. The quantitative estimate of drug-likeness (QED) is 0.0693. The average molecular weight is 934 g/mol. The Hall–Kier alpha value is -6.92. The van der Waals surface area contributed by atoms with Gasteiger partial charge in [-0.25, -0.2) is 33.4 Å². The highest BCUT2D eigenvalue weighted by molar-refractivity contribution is 6.00. The SMILES string of the molecule is O=C(O)CC[C@H](NC(=O)N[C@@H](CC1CCN(C(=O)c2cc(C(=O)N3CCC(C[C@H](NC(=O)N[C@@H](CCCO)C(=O)O)C(=O)O)CC3)cc(-n3cc(CCCF)nn3)c2)CC1)C(=O)O)C(=O)O. The van der Waals surface area contributed by atoms with Crippen LogP contribution >= 0.6 is 0 Å². The Morgan fingerprint density at radius 2 is 1.08 bits per heavy atom. The van der Waals surface area contributed by atoms with Crippen molar-refractivity contribution in [2.24, 2.45) is 11.8 Å². The molecule has 362 valence electrons. The van der Waals surface area contributed by atoms with Crippen molar-refractivity contribution in [3.8, 4) is 5.69 Å². The standard InChI is InChI=1S/C41H56FN9O15/c42-11-1-3-27-22-51(48-47-27)28-20-25(34(55)49-12-7-23(8-13-49)17-31(38(61)62)45-40(65)43-29(36(57)58)4-2-16-52)19-26(21-28)35(56)50-14-9-24(10-15-50)18-32(39(63)64)46-41(66)44-30(37(59)60)5-6-33(53)54/h19-24,29-32,52H,1-18H2,(H,53,54)(H,57,58)(H,59,60)(H,61,62)(H,63,64)(H2,43,45,65)(H2,44,46,66)/t29-,30-,31-,32-/m0/s1. The molecule has 1 aromatic carbocycles. The number of amides is 6. The van der Waals surface area contributed by atoms with E-state index in [1.54, 1.807) is 11.1 Å². The topological polar surface area (TPSA) is 360 Å². The molecule has 25 heteroatoms. The third-order valence-corrected chi connectivity index (χ3v) is 11.4. The van der Waals surface area contributed by atoms with E-state index in [0.29, 0.717) is 43.5 Å². The number of aryl methyl sites for hydroxylation is 1. The zero-order valence-electron chi connectivity index (χ0n) is 36.0. The van der Waals surface area contributed by atoms with Crippen LogP contribution < -0.4 is 21.3 Å². The summed E-state index contributed by atoms with van der Waals surface area (Å²) in [5.41, 5.74) is 1.04. The van der Waals surface area contributed by atoms with Gasteiger partial charge in [-0.2, -0.15) is 0 Å². The lowest BCUT2D eigenvalue weighted by atomic mass is 9.89. The first-order valence-corrected chi connectivity index (χ1v) is 21.5. The van der Waals surface area contributed by atoms with Gasteiger partial charge in [-0.05, 0) is 101 Å². The summed E-state index contributed by atoms with van der Waals surface area (Å²) in [5, 5.41) is 73.3. The molecular weight excluding hydrogens is 877 g/mol. The molecule has 24 nitrogen and oxygen atoms in total. The van der Waals surface area contributed by atoms with Gasteiger partial charge in [0.05, 0.1) is 24.3 Å². The van der Waals surface area contributed by atoms with Gasteiger partial charge in [0.25, 0.3) is 11.8 Å². The van der Waals surface area contributed by atoms with E-state index in [2.05, 4.69) is 31.6 Å². The summed E-state index contributed by atoms with van der Waals surface area (Å²) < 4.78 is 14.3. The van der Waals surface area contributed by atoms with Crippen LogP contribution in [0.4, 0.5) is 14.0 Å². The predicted molar refractivity (Wildman–Crippen MR) is 224 cm³/mol. The van der Waals surface area contributed by atoms with E-state index in [0.717, 1.165) is 0 Å². The van der Waals surface area contributed by atoms with Crippen LogP contribution in [-0.2, 0) is 30.4 Å². The number of aliphatic carboxylic acids is 5. The number of hydrogen-bond acceptors (Lipinski definition) is 12. The first-order chi connectivity index (χ1) is 31.4. The van der Waals surface area contributed by atoms with Crippen LogP contribution in [0.5, 0.6) is 0 Å². The van der Waals surface area contributed by atoms with Gasteiger partial charge >= 0.3 is 41.9 Å². The number of alkyl halides is 1. The summed E-state index contributed by atoms with van der Waals surface area (Å²) in [6.45, 7) is -0.129. The molecular formula is C41H56FN9O15. The fourth-order valence-corrected chi connectivity index (χ4v) is 7.79. The number of hydrogen-bond donors (Lipinski definition) is 10. The fourth-order valence-electron chi connectivity index (χ4n) is 7.79. The summed E-state index contributed by atoms with van der Waals surface area (Å²) in [7, 11) is 0. The predicted octanol–water partition coefficient (Wildman–Crippen LogP) is 0.703. The number of benzene rings is 1. The molecule has 0 spiro atoms. The normalized spacial score (nSPS) is 16.3. The minimum atomic E-state index is -1.57. The van der Waals surface area contributed by atoms with Crippen LogP contribution in [0.15, 0.2) is 24.4 Å². The van der Waals surface area contributed by atoms with E-state index < -0.39 is 97.4 Å². The largest absolute Gasteiger partial charge is 0.481 e. The maximum atomic E-state index is 14.1. The Morgan fingerprint density at radius 3 is 1.48 bits per heavy atom. The molecule has 2 fully saturated rings. The molecule has 2 saturated heterocycles. The number of urea groups is 2. The number of aliphatic hydroxyl groups excluding tert-OH is 1. The molecule has 0 aliphatic carbocycles. The Balaban J connectivity index is 1.43. The van der Waals surface area contributed by atoms with Gasteiger partial charge in [0.2, 0.25) is 0 Å². The van der Waals surface area contributed by atoms with Crippen LogP contribution in [-0.4, -0.2) is 173 Å². The van der Waals surface area contributed by atoms with E-state index in [4.69, 9.17) is 10.2 Å². The number of piperidine rings is 2. The molecule has 2 aromatic rings. The number of carbonyl (C=O) groups is 9. The minimum absolute atomic E-state index is 0.00672. The van der Waals surface area contributed by atoms with Crippen molar-refractivity contribution >= 4 is 53.7 Å². The molecule has 6 amide bonds. The molecule has 0 bridgehead atoms. The van der Waals surface area contributed by atoms with Crippen LogP contribution in [0.1, 0.15) is 97.0 Å². The number of likely N-dealkylation sites (tertiary alicyclic amines) is 2. The van der Waals surface area contributed by atoms with Crippen molar-refractivity contribution < 1.29 is 78.2 Å². The van der Waals surface area contributed by atoms with E-state index in [1.807, 2.05) is 0 Å². The Bertz CT molecular complexity index is 2070.